The van der Waals surface area contributed by atoms with Crippen molar-refractivity contribution >= 4 is 16.9 Å². The fraction of sp³-hybridized carbons (Fsp3) is 0.300. The molecule has 2 atom stereocenters. The molecule has 2 aromatic carbocycles. The molecule has 1 aromatic heterocycles. The van der Waals surface area contributed by atoms with Gasteiger partial charge in [-0.15, -0.1) is 0 Å². The Morgan fingerprint density at radius 2 is 1.84 bits per heavy atom. The van der Waals surface area contributed by atoms with Crippen LogP contribution < -0.4 is 0 Å². The van der Waals surface area contributed by atoms with Gasteiger partial charge in [-0.2, -0.15) is 5.10 Å². The second kappa shape index (κ2) is 6.33. The van der Waals surface area contributed by atoms with Gasteiger partial charge in [-0.3, -0.25) is 14.4 Å². The van der Waals surface area contributed by atoms with E-state index in [1.54, 1.807) is 0 Å². The summed E-state index contributed by atoms with van der Waals surface area (Å²) >= 11 is 0. The molecule has 2 heterocycles. The van der Waals surface area contributed by atoms with E-state index >= 15 is 0 Å². The Hall–Kier alpha value is -2.66. The molecule has 5 nitrogen and oxygen atoms in total. The zero-order chi connectivity index (χ0) is 17.4. The summed E-state index contributed by atoms with van der Waals surface area (Å²) in [5.74, 6) is -1.08. The summed E-state index contributed by atoms with van der Waals surface area (Å²) in [4.78, 5) is 14.0. The number of para-hydroxylation sites is 1. The van der Waals surface area contributed by atoms with E-state index in [0.717, 1.165) is 28.7 Å². The standard InChI is InChI=1S/C20H21N3O2/c1-22-19-10-6-5-9-15(19)18(21-22)13-23-11-16(17(12-23)20(24)25)14-7-3-2-4-8-14/h2-10,16-17H,11-13H2,1H3,(H,24,25)/t16-,17+/m1/s1. The van der Waals surface area contributed by atoms with Crippen LogP contribution in [0.2, 0.25) is 0 Å². The van der Waals surface area contributed by atoms with Crippen LogP contribution in [0.4, 0.5) is 0 Å². The molecule has 0 aliphatic carbocycles. The van der Waals surface area contributed by atoms with Gasteiger partial charge in [0.1, 0.15) is 0 Å². The Balaban J connectivity index is 1.60. The number of likely N-dealkylation sites (tertiary alicyclic amines) is 1. The Morgan fingerprint density at radius 1 is 1.12 bits per heavy atom. The lowest BCUT2D eigenvalue weighted by Gasteiger charge is -2.15. The molecule has 25 heavy (non-hydrogen) atoms. The second-order valence-corrected chi connectivity index (χ2v) is 6.74. The summed E-state index contributed by atoms with van der Waals surface area (Å²) in [6.45, 7) is 1.97. The molecule has 0 spiro atoms. The predicted octanol–water partition coefficient (Wildman–Crippen LogP) is 2.87. The smallest absolute Gasteiger partial charge is 0.308 e. The molecule has 128 valence electrons. The van der Waals surface area contributed by atoms with E-state index in [0.29, 0.717) is 13.1 Å². The number of aliphatic carboxylic acids is 1. The summed E-state index contributed by atoms with van der Waals surface area (Å²) in [5, 5.41) is 15.4. The monoisotopic (exact) mass is 335 g/mol. The average molecular weight is 335 g/mol. The number of carboxylic acids is 1. The average Bonchev–Trinajstić information content (AvgIpc) is 3.19. The summed E-state index contributed by atoms with van der Waals surface area (Å²) < 4.78 is 1.89. The maximum absolute atomic E-state index is 11.8. The van der Waals surface area contributed by atoms with Gasteiger partial charge in [0.15, 0.2) is 0 Å². The molecule has 0 bridgehead atoms. The lowest BCUT2D eigenvalue weighted by Crippen LogP contribution is -2.23. The highest BCUT2D eigenvalue weighted by Crippen LogP contribution is 2.34. The van der Waals surface area contributed by atoms with E-state index in [-0.39, 0.29) is 11.8 Å². The van der Waals surface area contributed by atoms with Gasteiger partial charge in [0.2, 0.25) is 0 Å². The Morgan fingerprint density at radius 3 is 2.60 bits per heavy atom. The molecule has 1 N–H and O–H groups in total. The van der Waals surface area contributed by atoms with Gasteiger partial charge in [-0.25, -0.2) is 0 Å². The summed E-state index contributed by atoms with van der Waals surface area (Å²) in [6.07, 6.45) is 0. The topological polar surface area (TPSA) is 58.4 Å². The van der Waals surface area contributed by atoms with Crippen LogP contribution in [-0.4, -0.2) is 38.8 Å². The Bertz CT molecular complexity index is 904. The highest BCUT2D eigenvalue weighted by molar-refractivity contribution is 5.81. The number of hydrogen-bond acceptors (Lipinski definition) is 3. The molecule has 1 aliphatic heterocycles. The van der Waals surface area contributed by atoms with Crippen LogP contribution in [0.25, 0.3) is 10.9 Å². The zero-order valence-corrected chi connectivity index (χ0v) is 14.2. The van der Waals surface area contributed by atoms with E-state index < -0.39 is 5.97 Å². The van der Waals surface area contributed by atoms with Crippen LogP contribution in [-0.2, 0) is 18.4 Å². The molecular formula is C20H21N3O2. The summed E-state index contributed by atoms with van der Waals surface area (Å²) in [7, 11) is 1.95. The molecule has 5 heteroatoms. The van der Waals surface area contributed by atoms with Crippen LogP contribution >= 0.6 is 0 Å². The maximum atomic E-state index is 11.8. The molecular weight excluding hydrogens is 314 g/mol. The molecule has 1 fully saturated rings. The fourth-order valence-corrected chi connectivity index (χ4v) is 3.92. The lowest BCUT2D eigenvalue weighted by molar-refractivity contribution is -0.141. The second-order valence-electron chi connectivity index (χ2n) is 6.74. The minimum atomic E-state index is -0.720. The molecule has 0 unspecified atom stereocenters. The first-order chi connectivity index (χ1) is 12.1. The Kier molecular flexibility index (Phi) is 4.01. The predicted molar refractivity (Wildman–Crippen MR) is 96.3 cm³/mol. The van der Waals surface area contributed by atoms with Crippen LogP contribution in [0.15, 0.2) is 54.6 Å². The van der Waals surface area contributed by atoms with Gasteiger partial charge >= 0.3 is 5.97 Å². The van der Waals surface area contributed by atoms with Crippen molar-refractivity contribution in [1.82, 2.24) is 14.7 Å². The van der Waals surface area contributed by atoms with Gasteiger partial charge in [0.05, 0.1) is 17.1 Å². The van der Waals surface area contributed by atoms with Gasteiger partial charge in [0.25, 0.3) is 0 Å². The molecule has 4 rings (SSSR count). The maximum Gasteiger partial charge on any atom is 0.308 e. The van der Waals surface area contributed by atoms with Crippen molar-refractivity contribution in [3.05, 3.63) is 65.9 Å². The minimum Gasteiger partial charge on any atom is -0.481 e. The van der Waals surface area contributed by atoms with E-state index in [4.69, 9.17) is 0 Å². The number of aryl methyl sites for hydroxylation is 1. The van der Waals surface area contributed by atoms with Crippen LogP contribution in [0.1, 0.15) is 17.2 Å². The quantitative estimate of drug-likeness (QED) is 0.796. The van der Waals surface area contributed by atoms with Gasteiger partial charge < -0.3 is 5.11 Å². The highest BCUT2D eigenvalue weighted by atomic mass is 16.4. The summed E-state index contributed by atoms with van der Waals surface area (Å²) in [5.41, 5.74) is 3.21. The normalized spacial score (nSPS) is 21.0. The fourth-order valence-electron chi connectivity index (χ4n) is 3.92. The van der Waals surface area contributed by atoms with Crippen molar-refractivity contribution in [2.45, 2.75) is 12.5 Å². The van der Waals surface area contributed by atoms with Crippen molar-refractivity contribution in [1.29, 1.82) is 0 Å². The number of nitrogens with zero attached hydrogens (tertiary/aromatic N) is 3. The van der Waals surface area contributed by atoms with Gasteiger partial charge in [-0.05, 0) is 11.6 Å². The number of hydrogen-bond donors (Lipinski definition) is 1. The van der Waals surface area contributed by atoms with Crippen LogP contribution in [0.3, 0.4) is 0 Å². The number of benzene rings is 2. The first kappa shape index (κ1) is 15.8. The molecule has 1 aliphatic rings. The van der Waals surface area contributed by atoms with Gasteiger partial charge in [-0.1, -0.05) is 48.5 Å². The number of carboxylic acid groups (broad SMARTS) is 1. The molecule has 0 saturated carbocycles. The third kappa shape index (κ3) is 2.91. The van der Waals surface area contributed by atoms with Crippen molar-refractivity contribution in [3.8, 4) is 0 Å². The lowest BCUT2D eigenvalue weighted by atomic mass is 9.89. The number of rotatable bonds is 4. The van der Waals surface area contributed by atoms with Crippen molar-refractivity contribution in [2.75, 3.05) is 13.1 Å². The highest BCUT2D eigenvalue weighted by Gasteiger charge is 2.38. The number of carbonyl (C=O) groups is 1. The SMILES string of the molecule is Cn1nc(CN2C[C@H](C(=O)O)[C@@H](c3ccccc3)C2)c2ccccc21. The minimum absolute atomic E-state index is 0.0219. The van der Waals surface area contributed by atoms with Gasteiger partial charge in [0, 0.05) is 38.0 Å². The van der Waals surface area contributed by atoms with Crippen molar-refractivity contribution < 1.29 is 9.90 Å². The van der Waals surface area contributed by atoms with E-state index in [2.05, 4.69) is 22.1 Å². The van der Waals surface area contributed by atoms with E-state index in [1.807, 2.05) is 54.2 Å². The third-order valence-electron chi connectivity index (χ3n) is 5.15. The summed E-state index contributed by atoms with van der Waals surface area (Å²) in [6, 6.07) is 18.1. The van der Waals surface area contributed by atoms with Crippen molar-refractivity contribution in [3.63, 3.8) is 0 Å². The largest absolute Gasteiger partial charge is 0.481 e. The molecule has 0 radical (unpaired) electrons. The van der Waals surface area contributed by atoms with E-state index in [9.17, 15) is 9.90 Å². The molecule has 3 aromatic rings. The number of fused-ring (bicyclic) bond motifs is 1. The van der Waals surface area contributed by atoms with E-state index in [1.165, 1.54) is 0 Å². The van der Waals surface area contributed by atoms with Crippen molar-refractivity contribution in [2.24, 2.45) is 13.0 Å². The zero-order valence-electron chi connectivity index (χ0n) is 14.2. The number of aromatic nitrogens is 2. The molecule has 0 amide bonds. The third-order valence-corrected chi connectivity index (χ3v) is 5.15. The molecule has 1 saturated heterocycles. The van der Waals surface area contributed by atoms with Crippen LogP contribution in [0, 0.1) is 5.92 Å². The Labute approximate surface area is 146 Å². The first-order valence-electron chi connectivity index (χ1n) is 8.54. The first-order valence-corrected chi connectivity index (χ1v) is 8.54. The van der Waals surface area contributed by atoms with Crippen LogP contribution in [0.5, 0.6) is 0 Å².